The van der Waals surface area contributed by atoms with E-state index in [-0.39, 0.29) is 18.1 Å². The normalized spacial score (nSPS) is 13.2. The summed E-state index contributed by atoms with van der Waals surface area (Å²) in [5.74, 6) is 0.777. The van der Waals surface area contributed by atoms with Gasteiger partial charge in [0.2, 0.25) is 5.91 Å². The van der Waals surface area contributed by atoms with Gasteiger partial charge in [-0.1, -0.05) is 30.3 Å². The summed E-state index contributed by atoms with van der Waals surface area (Å²) in [5.41, 5.74) is 8.59. The number of carbonyl (C=O) groups excluding carboxylic acids is 1. The molecule has 0 aliphatic carbocycles. The molecular formula is C20H26N2O2. The topological polar surface area (TPSA) is 64.3 Å². The fraction of sp³-hybridized carbons (Fsp3) is 0.350. The molecule has 0 spiro atoms. The van der Waals surface area contributed by atoms with Crippen molar-refractivity contribution in [1.82, 2.24) is 0 Å². The smallest absolute Gasteiger partial charge is 0.224 e. The molecule has 0 aliphatic rings. The van der Waals surface area contributed by atoms with Gasteiger partial charge in [-0.25, -0.2) is 0 Å². The van der Waals surface area contributed by atoms with Gasteiger partial charge >= 0.3 is 0 Å². The zero-order valence-electron chi connectivity index (χ0n) is 14.6. The first-order valence-electron chi connectivity index (χ1n) is 8.33. The second-order valence-electron chi connectivity index (χ2n) is 6.21. The molecule has 2 rings (SSSR count). The van der Waals surface area contributed by atoms with Crippen LogP contribution in [0.3, 0.4) is 0 Å². The van der Waals surface area contributed by atoms with Gasteiger partial charge < -0.3 is 15.8 Å². The van der Waals surface area contributed by atoms with Crippen LogP contribution in [0.15, 0.2) is 48.5 Å². The van der Waals surface area contributed by atoms with Crippen molar-refractivity contribution < 1.29 is 9.53 Å². The number of ether oxygens (including phenoxy) is 1. The quantitative estimate of drug-likeness (QED) is 0.801. The van der Waals surface area contributed by atoms with Gasteiger partial charge in [0.15, 0.2) is 0 Å². The molecular weight excluding hydrogens is 300 g/mol. The largest absolute Gasteiger partial charge is 0.486 e. The second-order valence-corrected chi connectivity index (χ2v) is 6.21. The van der Waals surface area contributed by atoms with E-state index >= 15 is 0 Å². The lowest BCUT2D eigenvalue weighted by atomic mass is 10.1. The van der Waals surface area contributed by atoms with Crippen LogP contribution < -0.4 is 15.8 Å². The summed E-state index contributed by atoms with van der Waals surface area (Å²) >= 11 is 0. The molecule has 0 heterocycles. The van der Waals surface area contributed by atoms with Gasteiger partial charge in [-0.3, -0.25) is 4.79 Å². The van der Waals surface area contributed by atoms with E-state index in [2.05, 4.69) is 5.32 Å². The van der Waals surface area contributed by atoms with Crippen molar-refractivity contribution in [3.63, 3.8) is 0 Å². The number of hydrogen-bond donors (Lipinski definition) is 2. The highest BCUT2D eigenvalue weighted by atomic mass is 16.5. The number of aryl methyl sites for hydroxylation is 1. The van der Waals surface area contributed by atoms with E-state index < -0.39 is 0 Å². The summed E-state index contributed by atoms with van der Waals surface area (Å²) in [6, 6.07) is 15.8. The Hall–Kier alpha value is -2.33. The van der Waals surface area contributed by atoms with Crippen LogP contribution in [0.25, 0.3) is 0 Å². The lowest BCUT2D eigenvalue weighted by Crippen LogP contribution is -2.19. The molecule has 1 amide bonds. The Kier molecular flexibility index (Phi) is 6.38. The van der Waals surface area contributed by atoms with E-state index in [0.717, 1.165) is 22.6 Å². The molecule has 0 fully saturated rings. The van der Waals surface area contributed by atoms with Gasteiger partial charge in [0.25, 0.3) is 0 Å². The van der Waals surface area contributed by atoms with E-state index in [1.807, 2.05) is 69.3 Å². The number of anilines is 1. The van der Waals surface area contributed by atoms with Crippen LogP contribution in [0.1, 0.15) is 43.9 Å². The summed E-state index contributed by atoms with van der Waals surface area (Å²) in [7, 11) is 0. The third kappa shape index (κ3) is 5.39. The van der Waals surface area contributed by atoms with E-state index in [9.17, 15) is 4.79 Å². The van der Waals surface area contributed by atoms with Gasteiger partial charge in [0.1, 0.15) is 11.9 Å². The van der Waals surface area contributed by atoms with Crippen molar-refractivity contribution in [2.45, 2.75) is 45.8 Å². The molecule has 0 radical (unpaired) electrons. The summed E-state index contributed by atoms with van der Waals surface area (Å²) in [5, 5.41) is 2.93. The number of benzene rings is 2. The summed E-state index contributed by atoms with van der Waals surface area (Å²) in [4.78, 5) is 11.9. The predicted octanol–water partition coefficient (Wildman–Crippen LogP) is 4.20. The molecule has 0 aromatic heterocycles. The highest BCUT2D eigenvalue weighted by Crippen LogP contribution is 2.26. The van der Waals surface area contributed by atoms with E-state index in [1.54, 1.807) is 0 Å². The minimum absolute atomic E-state index is 0.0123. The van der Waals surface area contributed by atoms with Gasteiger partial charge in [0.05, 0.1) is 0 Å². The zero-order chi connectivity index (χ0) is 17.5. The van der Waals surface area contributed by atoms with Crippen molar-refractivity contribution in [2.24, 2.45) is 5.73 Å². The lowest BCUT2D eigenvalue weighted by Gasteiger charge is -2.17. The minimum atomic E-state index is -0.0305. The van der Waals surface area contributed by atoms with Crippen LogP contribution in [0.2, 0.25) is 0 Å². The van der Waals surface area contributed by atoms with Gasteiger partial charge in [-0.05, 0) is 56.5 Å². The molecule has 4 heteroatoms. The number of amides is 1. The third-order valence-corrected chi connectivity index (χ3v) is 3.88. The average Bonchev–Trinajstić information content (AvgIpc) is 2.56. The molecule has 2 aromatic carbocycles. The number of hydrogen-bond acceptors (Lipinski definition) is 3. The molecule has 0 bridgehead atoms. The van der Waals surface area contributed by atoms with Crippen LogP contribution in [-0.4, -0.2) is 11.9 Å². The van der Waals surface area contributed by atoms with Crippen molar-refractivity contribution in [3.8, 4) is 5.75 Å². The molecule has 2 aromatic rings. The van der Waals surface area contributed by atoms with E-state index in [1.165, 1.54) is 0 Å². The van der Waals surface area contributed by atoms with Crippen molar-refractivity contribution >= 4 is 11.6 Å². The average molecular weight is 326 g/mol. The van der Waals surface area contributed by atoms with Crippen molar-refractivity contribution in [2.75, 3.05) is 5.32 Å². The number of nitrogens with two attached hydrogens (primary N) is 1. The fourth-order valence-corrected chi connectivity index (χ4v) is 2.42. The lowest BCUT2D eigenvalue weighted by molar-refractivity contribution is -0.116. The Morgan fingerprint density at radius 1 is 1.17 bits per heavy atom. The van der Waals surface area contributed by atoms with Gasteiger partial charge in [0, 0.05) is 18.2 Å². The summed E-state index contributed by atoms with van der Waals surface area (Å²) < 4.78 is 5.99. The molecule has 3 N–H and O–H groups in total. The van der Waals surface area contributed by atoms with Crippen molar-refractivity contribution in [3.05, 3.63) is 59.7 Å². The maximum atomic E-state index is 11.9. The molecule has 128 valence electrons. The third-order valence-electron chi connectivity index (χ3n) is 3.88. The Morgan fingerprint density at radius 2 is 1.88 bits per heavy atom. The highest BCUT2D eigenvalue weighted by molar-refractivity contribution is 5.91. The van der Waals surface area contributed by atoms with Crippen LogP contribution in [0.5, 0.6) is 5.75 Å². The van der Waals surface area contributed by atoms with Crippen LogP contribution in [-0.2, 0) is 4.79 Å². The molecule has 4 nitrogen and oxygen atoms in total. The number of rotatable bonds is 7. The molecule has 24 heavy (non-hydrogen) atoms. The first-order chi connectivity index (χ1) is 11.5. The molecule has 2 atom stereocenters. The first kappa shape index (κ1) is 18.0. The Bertz CT molecular complexity index is 669. The molecule has 2 unspecified atom stereocenters. The Labute approximate surface area is 144 Å². The highest BCUT2D eigenvalue weighted by Gasteiger charge is 2.10. The van der Waals surface area contributed by atoms with Crippen LogP contribution >= 0.6 is 0 Å². The SMILES string of the molecule is Cc1cc(OC(C)c2ccccc2)ccc1NC(=O)CCC(C)N. The zero-order valence-corrected chi connectivity index (χ0v) is 14.6. The van der Waals surface area contributed by atoms with Crippen LogP contribution in [0, 0.1) is 6.92 Å². The van der Waals surface area contributed by atoms with Gasteiger partial charge in [-0.2, -0.15) is 0 Å². The van der Waals surface area contributed by atoms with Crippen molar-refractivity contribution in [1.29, 1.82) is 0 Å². The van der Waals surface area contributed by atoms with E-state index in [0.29, 0.717) is 12.8 Å². The summed E-state index contributed by atoms with van der Waals surface area (Å²) in [6.45, 7) is 5.88. The fourth-order valence-electron chi connectivity index (χ4n) is 2.42. The minimum Gasteiger partial charge on any atom is -0.486 e. The molecule has 0 saturated carbocycles. The maximum absolute atomic E-state index is 11.9. The first-order valence-corrected chi connectivity index (χ1v) is 8.33. The van der Waals surface area contributed by atoms with Crippen LogP contribution in [0.4, 0.5) is 5.69 Å². The monoisotopic (exact) mass is 326 g/mol. The molecule has 0 saturated heterocycles. The standard InChI is InChI=1S/C20H26N2O2/c1-14-13-18(24-16(3)17-7-5-4-6-8-17)10-11-19(14)22-20(23)12-9-15(2)21/h4-8,10-11,13,15-16H,9,12,21H2,1-3H3,(H,22,23). The predicted molar refractivity (Wildman–Crippen MR) is 98.2 cm³/mol. The summed E-state index contributed by atoms with van der Waals surface area (Å²) in [6.07, 6.45) is 1.08. The second kappa shape index (κ2) is 8.50. The Balaban J connectivity index is 1.98. The number of carbonyl (C=O) groups is 1. The number of nitrogens with one attached hydrogen (secondary N) is 1. The van der Waals surface area contributed by atoms with E-state index in [4.69, 9.17) is 10.5 Å². The van der Waals surface area contributed by atoms with Gasteiger partial charge in [-0.15, -0.1) is 0 Å². The molecule has 0 aliphatic heterocycles. The Morgan fingerprint density at radius 3 is 2.50 bits per heavy atom. The maximum Gasteiger partial charge on any atom is 0.224 e.